The molecule has 0 heterocycles. The fourth-order valence-corrected chi connectivity index (χ4v) is 0. The molecule has 2 N–H and O–H groups in total. The monoisotopic (exact) mass is 4610 g/mol. The Morgan fingerprint density at radius 1 is 0.125 bits per heavy atom. The SMILES string of the molecule is CC(C)(O)O.[Y].[Y].[Y].[Y].[Y].[Y].[Y].[Y].[Y].[Y].[Y].[Y].[Y].[Y].[Y].[Y].[Y].[Y].[Y].[Y].[Y].[Y].[Y].[Y].[Y].[Y].[Y].[Y].[Y].[Y].[Y].[Y].[Y].[Y].[Y].[Y].[Y].[Y].[Y].[Y].[Y].[Y].[Y].[Y].[Y].[Y].[Y].[Y].[Y].[Y].[Y]. The van der Waals surface area contributed by atoms with Crippen LogP contribution in [0.15, 0.2) is 0 Å². The van der Waals surface area contributed by atoms with Crippen molar-refractivity contribution in [3.05, 3.63) is 0 Å². The van der Waals surface area contributed by atoms with Crippen molar-refractivity contribution in [1.29, 1.82) is 0 Å². The van der Waals surface area contributed by atoms with E-state index in [1.807, 2.05) is 0 Å². The van der Waals surface area contributed by atoms with Gasteiger partial charge >= 0.3 is 0 Å². The van der Waals surface area contributed by atoms with Crippen molar-refractivity contribution in [2.24, 2.45) is 0 Å². The van der Waals surface area contributed by atoms with Gasteiger partial charge in [-0.05, 0) is 13.8 Å². The van der Waals surface area contributed by atoms with E-state index < -0.39 is 5.79 Å². The van der Waals surface area contributed by atoms with Crippen LogP contribution in [0.25, 0.3) is 0 Å². The summed E-state index contributed by atoms with van der Waals surface area (Å²) in [5.41, 5.74) is 0. The van der Waals surface area contributed by atoms with Gasteiger partial charge in [0.05, 0.1) is 0 Å². The molecule has 0 fully saturated rings. The molecule has 0 aromatic heterocycles. The molecule has 0 amide bonds. The summed E-state index contributed by atoms with van der Waals surface area (Å²) in [6.45, 7) is 2.60. The first-order chi connectivity index (χ1) is 2.00. The molecule has 0 bridgehead atoms. The summed E-state index contributed by atoms with van der Waals surface area (Å²) in [5, 5.41) is 16.2. The van der Waals surface area contributed by atoms with Crippen LogP contribution in [0.1, 0.15) is 13.8 Å². The van der Waals surface area contributed by atoms with Gasteiger partial charge in [-0.25, -0.2) is 0 Å². The van der Waals surface area contributed by atoms with Crippen LogP contribution in [0.3, 0.4) is 0 Å². The van der Waals surface area contributed by atoms with E-state index in [9.17, 15) is 0 Å². The summed E-state index contributed by atoms with van der Waals surface area (Å²) in [4.78, 5) is 0. The van der Waals surface area contributed by atoms with Gasteiger partial charge in [0.2, 0.25) is 0 Å². The van der Waals surface area contributed by atoms with Crippen LogP contribution in [-0.2, 0) is 1670 Å². The van der Waals surface area contributed by atoms with Gasteiger partial charge in [-0.15, -0.1) is 0 Å². The Morgan fingerprint density at radius 2 is 0.125 bits per heavy atom. The van der Waals surface area contributed by atoms with Crippen LogP contribution in [0.4, 0.5) is 0 Å². The zero-order chi connectivity index (χ0) is 4.50. The van der Waals surface area contributed by atoms with E-state index in [1.54, 1.807) is 0 Å². The van der Waals surface area contributed by atoms with Crippen LogP contribution in [-0.4, -0.2) is 16.0 Å². The van der Waals surface area contributed by atoms with E-state index in [0.29, 0.717) is 0 Å². The first-order valence-electron chi connectivity index (χ1n) is 1.45. The first kappa shape index (κ1) is 383. The molecular formula is C3H8O2Y51. The van der Waals surface area contributed by atoms with Gasteiger partial charge in [0, 0.05) is 1670 Å². The van der Waals surface area contributed by atoms with Gasteiger partial charge in [0.25, 0.3) is 0 Å². The normalized spacial score (nSPS) is 1.07. The molecule has 0 unspecified atom stereocenters. The van der Waals surface area contributed by atoms with E-state index in [4.69, 9.17) is 10.2 Å². The molecule has 0 atom stereocenters. The van der Waals surface area contributed by atoms with Gasteiger partial charge in [0.1, 0.15) is 0 Å². The first-order valence-corrected chi connectivity index (χ1v) is 1.45. The van der Waals surface area contributed by atoms with E-state index in [2.05, 4.69) is 0 Å². The minimum Gasteiger partial charge on any atom is -0.366 e. The van der Waals surface area contributed by atoms with Crippen molar-refractivity contribution in [1.82, 2.24) is 0 Å². The summed E-state index contributed by atoms with van der Waals surface area (Å²) < 4.78 is 0. The predicted molar refractivity (Wildman–Crippen MR) is 18.5 cm³/mol. The molecule has 185 valence electrons. The molecule has 0 aliphatic rings. The molecule has 51 radical (unpaired) electrons. The summed E-state index contributed by atoms with van der Waals surface area (Å²) in [5.74, 6) is -1.50. The van der Waals surface area contributed by atoms with Crippen LogP contribution in [0.2, 0.25) is 0 Å². The van der Waals surface area contributed by atoms with Gasteiger partial charge in [-0.2, -0.15) is 0 Å². The van der Waals surface area contributed by atoms with Gasteiger partial charge in [-0.1, -0.05) is 0 Å². The molecule has 56 heavy (non-hydrogen) atoms. The Kier molecular flexibility index (Phi) is 2390. The van der Waals surface area contributed by atoms with Crippen molar-refractivity contribution in [3.63, 3.8) is 0 Å². The number of rotatable bonds is 0. The number of hydrogen-bond acceptors (Lipinski definition) is 2. The van der Waals surface area contributed by atoms with Gasteiger partial charge in [-0.3, -0.25) is 0 Å². The van der Waals surface area contributed by atoms with E-state index >= 15 is 0 Å². The standard InChI is InChI=1S/C3H8O2.51Y/c1-3(2,4)5;;;;;;;;;;;;;;;;;;;;;;;;;;;;;;;;;;;;;;;;;;;;;;;;;;;/h4-5H,1-2H3;;;;;;;;;;;;;;;;;;;;;;;;;;;;;;;;;;;;;;;;;;;;;;;;;;;. The second-order valence-corrected chi connectivity index (χ2v) is 1.49. The van der Waals surface area contributed by atoms with Crippen molar-refractivity contribution in [2.75, 3.05) is 0 Å². The molecule has 0 aromatic carbocycles. The Morgan fingerprint density at radius 3 is 0.125 bits per heavy atom. The van der Waals surface area contributed by atoms with E-state index in [0.717, 1.165) is 0 Å². The molecule has 2 nitrogen and oxygen atoms in total. The third-order valence-corrected chi connectivity index (χ3v) is 0. The Bertz CT molecular complexity index is 44.7. The zero-order valence-electron chi connectivity index (χ0n) is 32.8. The predicted octanol–water partition coefficient (Wildman–Crippen LogP) is -0.420. The van der Waals surface area contributed by atoms with Crippen LogP contribution in [0.5, 0.6) is 0 Å². The molecule has 0 aromatic rings. The molecular weight excluding hydrogens is 4600 g/mol. The Hall–Kier alpha value is 56.2. The minimum atomic E-state index is -1.50. The Balaban J connectivity index is -0.0000000000627. The quantitative estimate of drug-likeness (QED) is 0.325. The van der Waals surface area contributed by atoms with Crippen LogP contribution >= 0.6 is 0 Å². The molecule has 0 aliphatic heterocycles. The topological polar surface area (TPSA) is 40.5 Å². The fourth-order valence-electron chi connectivity index (χ4n) is 0. The van der Waals surface area contributed by atoms with E-state index in [1.165, 1.54) is 13.8 Å². The largest absolute Gasteiger partial charge is 0.366 e. The van der Waals surface area contributed by atoms with Crippen molar-refractivity contribution in [3.8, 4) is 0 Å². The average molecular weight is 4610 g/mol. The minimum absolute atomic E-state index is 0. The second-order valence-electron chi connectivity index (χ2n) is 1.49. The zero-order valence-corrected chi connectivity index (χ0v) is 178. The summed E-state index contributed by atoms with van der Waals surface area (Å²) in [7, 11) is 0. The third kappa shape index (κ3) is 416. The van der Waals surface area contributed by atoms with Gasteiger partial charge in [0.15, 0.2) is 5.79 Å². The summed E-state index contributed by atoms with van der Waals surface area (Å²) >= 11 is 0. The molecule has 0 saturated heterocycles. The van der Waals surface area contributed by atoms with Gasteiger partial charge < -0.3 is 10.2 Å². The van der Waals surface area contributed by atoms with Crippen molar-refractivity contribution in [2.45, 2.75) is 19.6 Å². The fraction of sp³-hybridized carbons (Fsp3) is 1.00. The van der Waals surface area contributed by atoms with Crippen molar-refractivity contribution < 1.29 is 1680 Å². The maximum atomic E-state index is 8.08. The third-order valence-electron chi connectivity index (χ3n) is 0. The summed E-state index contributed by atoms with van der Waals surface area (Å²) in [6, 6.07) is 0. The maximum Gasteiger partial charge on any atom is 0.156 e. The Labute approximate surface area is 1630 Å². The molecule has 0 rings (SSSR count). The molecule has 0 aliphatic carbocycles. The number of hydrogen-bond donors (Lipinski definition) is 2. The average Bonchev–Trinajstić information content (AvgIpc) is 0.722. The van der Waals surface area contributed by atoms with Crippen molar-refractivity contribution >= 4 is 0 Å². The van der Waals surface area contributed by atoms with Crippen LogP contribution < -0.4 is 0 Å². The van der Waals surface area contributed by atoms with Crippen LogP contribution in [0, 0.1) is 0 Å². The maximum absolute atomic E-state index is 8.08. The molecule has 53 heteroatoms. The smallest absolute Gasteiger partial charge is 0.156 e. The van der Waals surface area contributed by atoms with E-state index in [-0.39, 0.29) is 1670 Å². The summed E-state index contributed by atoms with van der Waals surface area (Å²) in [6.07, 6.45) is 0. The molecule has 0 spiro atoms. The number of aliphatic hydroxyl groups is 2. The molecule has 0 saturated carbocycles. The second kappa shape index (κ2) is 349.